The topological polar surface area (TPSA) is 67.2 Å². The first-order valence-corrected chi connectivity index (χ1v) is 8.63. The molecule has 9 heteroatoms. The van der Waals surface area contributed by atoms with Gasteiger partial charge in [0, 0.05) is 32.2 Å². The van der Waals surface area contributed by atoms with Crippen LogP contribution in [0.2, 0.25) is 5.02 Å². The number of hydrogen-bond acceptors (Lipinski definition) is 4. The van der Waals surface area contributed by atoms with Gasteiger partial charge in [-0.05, 0) is 25.7 Å². The molecule has 3 heterocycles. The summed E-state index contributed by atoms with van der Waals surface area (Å²) >= 11 is 5.98. The molecule has 2 fully saturated rings. The number of fused-ring (bicyclic) bond motifs is 2. The Balaban J connectivity index is 0.00000161. The molecule has 0 radical (unpaired) electrons. The van der Waals surface area contributed by atoms with Crippen molar-refractivity contribution in [3.63, 3.8) is 0 Å². The largest absolute Gasteiger partial charge is 0.311 e. The van der Waals surface area contributed by atoms with Crippen molar-refractivity contribution in [2.24, 2.45) is 7.05 Å². The first-order chi connectivity index (χ1) is 9.39. The molecule has 0 aromatic carbocycles. The number of rotatable bonds is 3. The molecule has 2 aliphatic heterocycles. The lowest BCUT2D eigenvalue weighted by Gasteiger charge is -2.34. The Hall–Kier alpha value is -0.340. The van der Waals surface area contributed by atoms with Crippen LogP contribution in [0.5, 0.6) is 0 Å². The van der Waals surface area contributed by atoms with Crippen molar-refractivity contribution in [1.82, 2.24) is 19.4 Å². The fourth-order valence-corrected chi connectivity index (χ4v) is 5.32. The summed E-state index contributed by atoms with van der Waals surface area (Å²) in [6.45, 7) is 0. The average Bonchev–Trinajstić information content (AvgIpc) is 2.91. The highest BCUT2D eigenvalue weighted by atomic mass is 35.5. The summed E-state index contributed by atoms with van der Waals surface area (Å²) in [5.74, 6) is 0. The standard InChI is InChI=1S/C12H19ClN4O2S.ClH/c1-16-12(11(13)7-14-16)20(18,19)17(2)10-5-8-3-4-9(6-10)15-8;/h7-10,15H,3-6H2,1-2H3;1H. The summed E-state index contributed by atoms with van der Waals surface area (Å²) in [5.41, 5.74) is 0. The van der Waals surface area contributed by atoms with Crippen molar-refractivity contribution in [3.8, 4) is 0 Å². The quantitative estimate of drug-likeness (QED) is 0.890. The molecule has 0 saturated carbocycles. The number of piperidine rings is 1. The summed E-state index contributed by atoms with van der Waals surface area (Å²) in [6, 6.07) is 0.918. The van der Waals surface area contributed by atoms with Crippen LogP contribution in [0.3, 0.4) is 0 Å². The molecule has 0 amide bonds. The van der Waals surface area contributed by atoms with Crippen LogP contribution in [-0.4, -0.2) is 47.7 Å². The van der Waals surface area contributed by atoms with Crippen LogP contribution in [0.25, 0.3) is 0 Å². The number of aromatic nitrogens is 2. The van der Waals surface area contributed by atoms with E-state index in [1.54, 1.807) is 14.1 Å². The molecule has 2 aliphatic rings. The number of nitrogens with zero attached hydrogens (tertiary/aromatic N) is 3. The van der Waals surface area contributed by atoms with E-state index in [2.05, 4.69) is 10.4 Å². The van der Waals surface area contributed by atoms with Crippen molar-refractivity contribution in [2.45, 2.75) is 48.8 Å². The Morgan fingerprint density at radius 3 is 2.43 bits per heavy atom. The van der Waals surface area contributed by atoms with E-state index in [0.717, 1.165) is 25.7 Å². The SMILES string of the molecule is CN(C1CC2CCC(C1)N2)S(=O)(=O)c1c(Cl)cnn1C.Cl. The third kappa shape index (κ3) is 2.94. The first-order valence-electron chi connectivity index (χ1n) is 6.81. The van der Waals surface area contributed by atoms with Crippen LogP contribution in [0.15, 0.2) is 11.2 Å². The van der Waals surface area contributed by atoms with Gasteiger partial charge in [0.1, 0.15) is 0 Å². The van der Waals surface area contributed by atoms with Gasteiger partial charge in [0.2, 0.25) is 0 Å². The van der Waals surface area contributed by atoms with E-state index >= 15 is 0 Å². The van der Waals surface area contributed by atoms with E-state index in [1.165, 1.54) is 15.2 Å². The number of halogens is 2. The summed E-state index contributed by atoms with van der Waals surface area (Å²) in [4.78, 5) is 0. The molecule has 0 aliphatic carbocycles. The van der Waals surface area contributed by atoms with Gasteiger partial charge in [0.05, 0.1) is 11.2 Å². The highest BCUT2D eigenvalue weighted by molar-refractivity contribution is 7.89. The summed E-state index contributed by atoms with van der Waals surface area (Å²) in [6.07, 6.45) is 5.38. The second kappa shape index (κ2) is 6.04. The zero-order valence-electron chi connectivity index (χ0n) is 12.0. The molecule has 0 spiro atoms. The number of nitrogens with one attached hydrogen (secondary N) is 1. The van der Waals surface area contributed by atoms with E-state index in [9.17, 15) is 8.42 Å². The van der Waals surface area contributed by atoms with Crippen molar-refractivity contribution in [3.05, 3.63) is 11.2 Å². The zero-order chi connectivity index (χ0) is 14.5. The summed E-state index contributed by atoms with van der Waals surface area (Å²) in [5, 5.41) is 7.69. The van der Waals surface area contributed by atoms with Crippen molar-refractivity contribution >= 4 is 34.0 Å². The zero-order valence-corrected chi connectivity index (χ0v) is 14.4. The number of sulfonamides is 1. The highest BCUT2D eigenvalue weighted by Crippen LogP contribution is 2.32. The van der Waals surface area contributed by atoms with Crippen LogP contribution >= 0.6 is 24.0 Å². The van der Waals surface area contributed by atoms with Gasteiger partial charge < -0.3 is 5.32 Å². The van der Waals surface area contributed by atoms with Gasteiger partial charge in [-0.25, -0.2) is 8.42 Å². The second-order valence-electron chi connectivity index (χ2n) is 5.71. The van der Waals surface area contributed by atoms with Crippen LogP contribution in [0.4, 0.5) is 0 Å². The van der Waals surface area contributed by atoms with Gasteiger partial charge in [-0.3, -0.25) is 4.68 Å². The lowest BCUT2D eigenvalue weighted by atomic mass is 10.0. The average molecular weight is 355 g/mol. The Bertz CT molecular complexity index is 587. The van der Waals surface area contributed by atoms with Crippen LogP contribution < -0.4 is 5.32 Å². The first kappa shape index (κ1) is 17.0. The minimum atomic E-state index is -3.60. The Kier molecular flexibility index (Phi) is 4.90. The smallest absolute Gasteiger partial charge is 0.261 e. The molecule has 120 valence electrons. The molecular weight excluding hydrogens is 335 g/mol. The number of aryl methyl sites for hydroxylation is 1. The normalized spacial score (nSPS) is 28.7. The van der Waals surface area contributed by atoms with E-state index in [1.807, 2.05) is 0 Å². The molecule has 2 saturated heterocycles. The molecular formula is C12H20Cl2N4O2S. The number of hydrogen-bond donors (Lipinski definition) is 1. The fourth-order valence-electron chi connectivity index (χ4n) is 3.35. The van der Waals surface area contributed by atoms with Gasteiger partial charge in [-0.15, -0.1) is 12.4 Å². The van der Waals surface area contributed by atoms with E-state index in [4.69, 9.17) is 11.6 Å². The lowest BCUT2D eigenvalue weighted by molar-refractivity contribution is 0.250. The lowest BCUT2D eigenvalue weighted by Crippen LogP contribution is -2.48. The molecule has 3 rings (SSSR count). The molecule has 1 aromatic heterocycles. The summed E-state index contributed by atoms with van der Waals surface area (Å²) < 4.78 is 28.3. The van der Waals surface area contributed by atoms with Gasteiger partial charge in [0.25, 0.3) is 10.0 Å². The molecule has 2 atom stereocenters. The van der Waals surface area contributed by atoms with Gasteiger partial charge in [-0.2, -0.15) is 9.40 Å². The van der Waals surface area contributed by atoms with Gasteiger partial charge in [0.15, 0.2) is 5.03 Å². The summed E-state index contributed by atoms with van der Waals surface area (Å²) in [7, 11) is -0.359. The van der Waals surface area contributed by atoms with Gasteiger partial charge >= 0.3 is 0 Å². The fraction of sp³-hybridized carbons (Fsp3) is 0.750. The van der Waals surface area contributed by atoms with E-state index in [-0.39, 0.29) is 28.5 Å². The van der Waals surface area contributed by atoms with E-state index in [0.29, 0.717) is 12.1 Å². The van der Waals surface area contributed by atoms with E-state index < -0.39 is 10.0 Å². The van der Waals surface area contributed by atoms with Crippen LogP contribution in [0, 0.1) is 0 Å². The van der Waals surface area contributed by atoms with Crippen molar-refractivity contribution < 1.29 is 8.42 Å². The minimum Gasteiger partial charge on any atom is -0.311 e. The third-order valence-corrected chi connectivity index (χ3v) is 6.85. The molecule has 21 heavy (non-hydrogen) atoms. The molecule has 6 nitrogen and oxygen atoms in total. The monoisotopic (exact) mass is 354 g/mol. The second-order valence-corrected chi connectivity index (χ2v) is 8.03. The predicted octanol–water partition coefficient (Wildman–Crippen LogP) is 1.40. The molecule has 2 bridgehead atoms. The Morgan fingerprint density at radius 2 is 1.95 bits per heavy atom. The predicted molar refractivity (Wildman–Crippen MR) is 83.4 cm³/mol. The molecule has 1 aromatic rings. The third-order valence-electron chi connectivity index (χ3n) is 4.43. The highest BCUT2D eigenvalue weighted by Gasteiger charge is 2.40. The van der Waals surface area contributed by atoms with Crippen molar-refractivity contribution in [2.75, 3.05) is 7.05 Å². The van der Waals surface area contributed by atoms with Crippen molar-refractivity contribution in [1.29, 1.82) is 0 Å². The van der Waals surface area contributed by atoms with Crippen LogP contribution in [-0.2, 0) is 17.1 Å². The van der Waals surface area contributed by atoms with Crippen LogP contribution in [0.1, 0.15) is 25.7 Å². The Labute approximate surface area is 136 Å². The Morgan fingerprint density at radius 1 is 1.38 bits per heavy atom. The minimum absolute atomic E-state index is 0. The molecule has 2 unspecified atom stereocenters. The molecule has 1 N–H and O–H groups in total. The van der Waals surface area contributed by atoms with Gasteiger partial charge in [-0.1, -0.05) is 11.6 Å². The maximum absolute atomic E-state index is 12.7. The maximum Gasteiger partial charge on any atom is 0.261 e. The maximum atomic E-state index is 12.7.